The first-order chi connectivity index (χ1) is 8.34. The first-order valence-corrected chi connectivity index (χ1v) is 6.01. The fraction of sp³-hybridized carbons (Fsp3) is 0.214. The second-order valence-electron chi connectivity index (χ2n) is 3.09. The predicted octanol–water partition coefficient (Wildman–Crippen LogP) is 4.34. The Bertz CT molecular complexity index is 431. The lowest BCUT2D eigenvalue weighted by Crippen LogP contribution is -1.94. The van der Waals surface area contributed by atoms with Crippen molar-refractivity contribution in [2.24, 2.45) is 0 Å². The normalized spacial score (nSPS) is 9.12. The van der Waals surface area contributed by atoms with E-state index < -0.39 is 0 Å². The Morgan fingerprint density at radius 1 is 1.12 bits per heavy atom. The molecule has 0 spiro atoms. The minimum absolute atomic E-state index is 0.445. The van der Waals surface area contributed by atoms with Crippen LogP contribution in [0.5, 0.6) is 5.75 Å². The van der Waals surface area contributed by atoms with E-state index in [1.54, 1.807) is 18.3 Å². The molecule has 0 unspecified atom stereocenters. The van der Waals surface area contributed by atoms with E-state index in [0.29, 0.717) is 11.8 Å². The Kier molecular flexibility index (Phi) is 6.12. The molecule has 0 atom stereocenters. The number of hydrogen-bond donors (Lipinski definition) is 0. The minimum Gasteiger partial charge on any atom is -0.489 e. The van der Waals surface area contributed by atoms with Crippen LogP contribution in [0.2, 0.25) is 5.15 Å². The smallest absolute Gasteiger partial charge is 0.132 e. The molecule has 0 N–H and O–H groups in total. The summed E-state index contributed by atoms with van der Waals surface area (Å²) in [5.41, 5.74) is 1.13. The molecule has 0 bridgehead atoms. The van der Waals surface area contributed by atoms with E-state index in [1.807, 2.05) is 44.2 Å². The summed E-state index contributed by atoms with van der Waals surface area (Å²) in [5, 5.41) is 0.445. The summed E-state index contributed by atoms with van der Waals surface area (Å²) >= 11 is 5.74. The lowest BCUT2D eigenvalue weighted by atomic mass is 10.2. The van der Waals surface area contributed by atoms with Crippen LogP contribution < -0.4 is 4.74 Å². The van der Waals surface area contributed by atoms with Gasteiger partial charge in [0.25, 0.3) is 0 Å². The van der Waals surface area contributed by atoms with Gasteiger partial charge in [-0.05, 0) is 11.6 Å². The van der Waals surface area contributed by atoms with Gasteiger partial charge in [0.15, 0.2) is 0 Å². The van der Waals surface area contributed by atoms with E-state index in [0.717, 1.165) is 11.3 Å². The molecule has 0 radical (unpaired) electrons. The minimum atomic E-state index is 0.445. The maximum absolute atomic E-state index is 5.74. The molecule has 17 heavy (non-hydrogen) atoms. The zero-order chi connectivity index (χ0) is 12.5. The van der Waals surface area contributed by atoms with Crippen LogP contribution in [0.15, 0.2) is 48.7 Å². The number of nitrogens with zero attached hydrogens (tertiary/aromatic N) is 1. The van der Waals surface area contributed by atoms with Crippen LogP contribution in [0, 0.1) is 0 Å². The summed E-state index contributed by atoms with van der Waals surface area (Å²) in [6.45, 7) is 4.54. The predicted molar refractivity (Wildman–Crippen MR) is 71.4 cm³/mol. The SMILES string of the molecule is CC.Clc1cc(OCc2ccccc2)ccn1. The third-order valence-electron chi connectivity index (χ3n) is 1.95. The zero-order valence-corrected chi connectivity index (χ0v) is 10.8. The Hall–Kier alpha value is -1.54. The highest BCUT2D eigenvalue weighted by Crippen LogP contribution is 2.15. The molecule has 1 heterocycles. The molecule has 0 aliphatic rings. The summed E-state index contributed by atoms with van der Waals surface area (Å²) in [6.07, 6.45) is 1.63. The third-order valence-corrected chi connectivity index (χ3v) is 2.15. The Labute approximate surface area is 107 Å². The van der Waals surface area contributed by atoms with Gasteiger partial charge in [0.1, 0.15) is 17.5 Å². The van der Waals surface area contributed by atoms with Crippen molar-refractivity contribution in [1.29, 1.82) is 0 Å². The standard InChI is InChI=1S/C12H10ClNO.C2H6/c13-12-8-11(6-7-14-12)15-9-10-4-2-1-3-5-10;1-2/h1-8H,9H2;1-2H3. The average Bonchev–Trinajstić information content (AvgIpc) is 2.40. The number of halogens is 1. The Morgan fingerprint density at radius 2 is 1.82 bits per heavy atom. The average molecular weight is 250 g/mol. The van der Waals surface area contributed by atoms with Gasteiger partial charge in [-0.3, -0.25) is 0 Å². The number of hydrogen-bond acceptors (Lipinski definition) is 2. The largest absolute Gasteiger partial charge is 0.489 e. The quantitative estimate of drug-likeness (QED) is 0.755. The van der Waals surface area contributed by atoms with Crippen LogP contribution in [0.3, 0.4) is 0 Å². The van der Waals surface area contributed by atoms with Gasteiger partial charge in [-0.15, -0.1) is 0 Å². The lowest BCUT2D eigenvalue weighted by Gasteiger charge is -2.05. The number of pyridine rings is 1. The molecule has 0 amide bonds. The molecule has 0 aliphatic carbocycles. The molecule has 0 aliphatic heterocycles. The molecule has 1 aromatic heterocycles. The molecule has 0 fully saturated rings. The van der Waals surface area contributed by atoms with Gasteiger partial charge < -0.3 is 4.74 Å². The number of benzene rings is 1. The molecule has 2 aromatic rings. The lowest BCUT2D eigenvalue weighted by molar-refractivity contribution is 0.306. The summed E-state index contributed by atoms with van der Waals surface area (Å²) in [7, 11) is 0. The van der Waals surface area contributed by atoms with Gasteiger partial charge in [-0.1, -0.05) is 55.8 Å². The van der Waals surface area contributed by atoms with Crippen molar-refractivity contribution < 1.29 is 4.74 Å². The first kappa shape index (κ1) is 13.5. The summed E-state index contributed by atoms with van der Waals surface area (Å²) in [4.78, 5) is 3.88. The van der Waals surface area contributed by atoms with E-state index in [4.69, 9.17) is 16.3 Å². The molecule has 3 heteroatoms. The maximum Gasteiger partial charge on any atom is 0.132 e. The van der Waals surface area contributed by atoms with Crippen molar-refractivity contribution in [2.75, 3.05) is 0 Å². The van der Waals surface area contributed by atoms with Crippen LogP contribution in [-0.2, 0) is 6.61 Å². The second-order valence-corrected chi connectivity index (χ2v) is 3.48. The Balaban J connectivity index is 0.000000686. The van der Waals surface area contributed by atoms with E-state index >= 15 is 0 Å². The summed E-state index contributed by atoms with van der Waals surface area (Å²) in [6, 6.07) is 13.5. The molecular weight excluding hydrogens is 234 g/mol. The van der Waals surface area contributed by atoms with Crippen molar-refractivity contribution in [3.8, 4) is 5.75 Å². The van der Waals surface area contributed by atoms with Gasteiger partial charge in [0.05, 0.1) is 0 Å². The van der Waals surface area contributed by atoms with Crippen LogP contribution >= 0.6 is 11.6 Å². The van der Waals surface area contributed by atoms with E-state index in [2.05, 4.69) is 4.98 Å². The highest BCUT2D eigenvalue weighted by Gasteiger charge is 1.96. The summed E-state index contributed by atoms with van der Waals surface area (Å²) < 4.78 is 5.55. The van der Waals surface area contributed by atoms with Gasteiger partial charge in [0, 0.05) is 12.3 Å². The molecule has 1 aromatic carbocycles. The van der Waals surface area contributed by atoms with Crippen LogP contribution in [0.1, 0.15) is 19.4 Å². The molecule has 90 valence electrons. The maximum atomic E-state index is 5.74. The number of aromatic nitrogens is 1. The number of rotatable bonds is 3. The van der Waals surface area contributed by atoms with Gasteiger partial charge in [-0.25, -0.2) is 4.98 Å². The van der Waals surface area contributed by atoms with Crippen LogP contribution in [-0.4, -0.2) is 4.98 Å². The third kappa shape index (κ3) is 4.87. The fourth-order valence-corrected chi connectivity index (χ4v) is 1.38. The molecular formula is C14H16ClNO. The highest BCUT2D eigenvalue weighted by molar-refractivity contribution is 6.29. The summed E-state index contributed by atoms with van der Waals surface area (Å²) in [5.74, 6) is 0.735. The van der Waals surface area contributed by atoms with Crippen molar-refractivity contribution in [3.05, 3.63) is 59.4 Å². The van der Waals surface area contributed by atoms with Gasteiger partial charge in [0.2, 0.25) is 0 Å². The van der Waals surface area contributed by atoms with E-state index in [9.17, 15) is 0 Å². The van der Waals surface area contributed by atoms with Gasteiger partial charge >= 0.3 is 0 Å². The monoisotopic (exact) mass is 249 g/mol. The van der Waals surface area contributed by atoms with E-state index in [-0.39, 0.29) is 0 Å². The van der Waals surface area contributed by atoms with Crippen molar-refractivity contribution in [2.45, 2.75) is 20.5 Å². The molecule has 0 saturated carbocycles. The van der Waals surface area contributed by atoms with Crippen LogP contribution in [0.25, 0.3) is 0 Å². The van der Waals surface area contributed by atoms with Crippen LogP contribution in [0.4, 0.5) is 0 Å². The highest BCUT2D eigenvalue weighted by atomic mass is 35.5. The topological polar surface area (TPSA) is 22.1 Å². The zero-order valence-electron chi connectivity index (χ0n) is 10.1. The van der Waals surface area contributed by atoms with Crippen molar-refractivity contribution in [3.63, 3.8) is 0 Å². The van der Waals surface area contributed by atoms with E-state index in [1.165, 1.54) is 0 Å². The van der Waals surface area contributed by atoms with Crippen molar-refractivity contribution in [1.82, 2.24) is 4.98 Å². The second kappa shape index (κ2) is 7.69. The fourth-order valence-electron chi connectivity index (χ4n) is 1.22. The molecule has 2 nitrogen and oxygen atoms in total. The van der Waals surface area contributed by atoms with Crippen molar-refractivity contribution >= 4 is 11.6 Å². The first-order valence-electron chi connectivity index (χ1n) is 5.63. The molecule has 2 rings (SSSR count). The Morgan fingerprint density at radius 3 is 2.47 bits per heavy atom. The number of ether oxygens (including phenoxy) is 1. The van der Waals surface area contributed by atoms with Gasteiger partial charge in [-0.2, -0.15) is 0 Å². The molecule has 0 saturated heterocycles.